The highest BCUT2D eigenvalue weighted by Crippen LogP contribution is 2.55. The molecule has 2 amide bonds. The van der Waals surface area contributed by atoms with E-state index in [9.17, 15) is 9.59 Å². The molecule has 10 heteroatoms. The lowest BCUT2D eigenvalue weighted by molar-refractivity contribution is -0.123. The van der Waals surface area contributed by atoms with Gasteiger partial charge in [-0.2, -0.15) is 0 Å². The van der Waals surface area contributed by atoms with E-state index in [0.29, 0.717) is 55.5 Å². The van der Waals surface area contributed by atoms with Crippen molar-refractivity contribution in [2.75, 3.05) is 19.5 Å². The SMILES string of the molecule is C=C1C(Cl)=CC(N2C(=O)c3nc(-c4ccccc4OC)n(C(C)C)c3C23C(=O)Nc2cc(Cl)ccc23)=CN1C. The molecular formula is C29H25Cl2N5O3. The Morgan fingerprint density at radius 2 is 1.87 bits per heavy atom. The molecule has 0 aliphatic carbocycles. The van der Waals surface area contributed by atoms with E-state index in [2.05, 4.69) is 11.9 Å². The molecule has 1 spiro atoms. The first kappa shape index (κ1) is 25.3. The minimum absolute atomic E-state index is 0.170. The number of methoxy groups -OCH3 is 1. The van der Waals surface area contributed by atoms with Gasteiger partial charge in [-0.1, -0.05) is 48.0 Å². The number of para-hydroxylation sites is 1. The molecule has 0 fully saturated rings. The fourth-order valence-electron chi connectivity index (χ4n) is 5.67. The topological polar surface area (TPSA) is 79.7 Å². The molecule has 3 aromatic rings. The molecule has 0 saturated heterocycles. The fraction of sp³-hybridized carbons (Fsp3) is 0.207. The van der Waals surface area contributed by atoms with Crippen LogP contribution in [0.25, 0.3) is 11.4 Å². The second-order valence-corrected chi connectivity index (χ2v) is 10.7. The lowest BCUT2D eigenvalue weighted by Crippen LogP contribution is -2.50. The highest BCUT2D eigenvalue weighted by Gasteiger charge is 2.64. The molecule has 3 aliphatic rings. The van der Waals surface area contributed by atoms with Gasteiger partial charge in [0.05, 0.1) is 34.8 Å². The summed E-state index contributed by atoms with van der Waals surface area (Å²) >= 11 is 12.8. The van der Waals surface area contributed by atoms with E-state index in [-0.39, 0.29) is 11.7 Å². The highest BCUT2D eigenvalue weighted by molar-refractivity contribution is 6.32. The maximum atomic E-state index is 14.4. The standard InChI is InChI=1S/C29H25Cl2N5O3/c1-15(2)35-25-24(33-26(35)19-8-6-7-9-23(19)39-5)27(37)36(18-13-21(31)16(3)34(4)14-18)29(25)20-11-10-17(30)12-22(20)32-28(29)38/h6-15H,3H2,1-2,4-5H3,(H,32,38). The summed E-state index contributed by atoms with van der Waals surface area (Å²) in [5.41, 5.74) is 1.92. The van der Waals surface area contributed by atoms with Crippen molar-refractivity contribution in [3.8, 4) is 17.1 Å². The average Bonchev–Trinajstić information content (AvgIpc) is 3.50. The zero-order valence-corrected chi connectivity index (χ0v) is 23.3. The van der Waals surface area contributed by atoms with Gasteiger partial charge in [0.2, 0.25) is 0 Å². The van der Waals surface area contributed by atoms with Crippen molar-refractivity contribution < 1.29 is 14.3 Å². The van der Waals surface area contributed by atoms with E-state index in [4.69, 9.17) is 32.9 Å². The van der Waals surface area contributed by atoms with Gasteiger partial charge in [-0.15, -0.1) is 0 Å². The Morgan fingerprint density at radius 1 is 1.13 bits per heavy atom. The number of nitrogens with one attached hydrogen (secondary N) is 1. The Kier molecular flexibility index (Phi) is 5.68. The van der Waals surface area contributed by atoms with Crippen LogP contribution in [0.1, 0.15) is 41.6 Å². The smallest absolute Gasteiger partial charge is 0.280 e. The third-order valence-electron chi connectivity index (χ3n) is 7.37. The first-order chi connectivity index (χ1) is 18.6. The molecule has 0 radical (unpaired) electrons. The molecule has 8 nitrogen and oxygen atoms in total. The summed E-state index contributed by atoms with van der Waals surface area (Å²) in [6.45, 7) is 7.97. The Balaban J connectivity index is 1.71. The molecular weight excluding hydrogens is 537 g/mol. The number of ether oxygens (including phenoxy) is 1. The van der Waals surface area contributed by atoms with Crippen molar-refractivity contribution in [1.82, 2.24) is 19.4 Å². The maximum Gasteiger partial charge on any atom is 0.280 e. The molecule has 1 unspecified atom stereocenters. The summed E-state index contributed by atoms with van der Waals surface area (Å²) in [5.74, 6) is 0.324. The largest absolute Gasteiger partial charge is 0.496 e. The number of fused-ring (bicyclic) bond motifs is 4. The van der Waals surface area contributed by atoms with Crippen molar-refractivity contribution in [3.63, 3.8) is 0 Å². The van der Waals surface area contributed by atoms with Gasteiger partial charge in [-0.25, -0.2) is 4.98 Å². The van der Waals surface area contributed by atoms with Crippen LogP contribution < -0.4 is 10.1 Å². The zero-order chi connectivity index (χ0) is 27.8. The van der Waals surface area contributed by atoms with Crippen molar-refractivity contribution in [2.24, 2.45) is 0 Å². The van der Waals surface area contributed by atoms with Crippen molar-refractivity contribution >= 4 is 40.7 Å². The number of aromatic nitrogens is 2. The number of anilines is 1. The fourth-order valence-corrected chi connectivity index (χ4v) is 6.09. The van der Waals surface area contributed by atoms with Crippen molar-refractivity contribution in [1.29, 1.82) is 0 Å². The summed E-state index contributed by atoms with van der Waals surface area (Å²) in [5, 5.41) is 3.80. The van der Waals surface area contributed by atoms with E-state index >= 15 is 0 Å². The monoisotopic (exact) mass is 561 g/mol. The molecule has 39 heavy (non-hydrogen) atoms. The van der Waals surface area contributed by atoms with Gasteiger partial charge < -0.3 is 19.5 Å². The normalized spacial score (nSPS) is 19.9. The summed E-state index contributed by atoms with van der Waals surface area (Å²) in [6, 6.07) is 12.5. The Bertz CT molecular complexity index is 1670. The second kappa shape index (κ2) is 8.76. The minimum Gasteiger partial charge on any atom is -0.496 e. The van der Waals surface area contributed by atoms with Gasteiger partial charge in [0, 0.05) is 35.6 Å². The Labute approximate surface area is 235 Å². The predicted molar refractivity (Wildman–Crippen MR) is 151 cm³/mol. The van der Waals surface area contributed by atoms with Crippen LogP contribution in [0.2, 0.25) is 5.02 Å². The van der Waals surface area contributed by atoms with Crippen molar-refractivity contribution in [3.05, 3.63) is 99.7 Å². The Morgan fingerprint density at radius 3 is 2.56 bits per heavy atom. The van der Waals surface area contributed by atoms with Gasteiger partial charge in [0.25, 0.3) is 11.8 Å². The molecule has 0 saturated carbocycles. The number of likely N-dealkylation sites (N-methyl/N-ethyl adjacent to an activating group) is 1. The van der Waals surface area contributed by atoms with Crippen LogP contribution in [0, 0.1) is 0 Å². The number of carbonyl (C=O) groups is 2. The van der Waals surface area contributed by atoms with E-state index in [1.165, 1.54) is 4.90 Å². The summed E-state index contributed by atoms with van der Waals surface area (Å²) in [4.78, 5) is 36.8. The molecule has 3 aliphatic heterocycles. The number of hydrogen-bond acceptors (Lipinski definition) is 5. The van der Waals surface area contributed by atoms with Crippen LogP contribution >= 0.6 is 23.2 Å². The number of halogens is 2. The lowest BCUT2D eigenvalue weighted by atomic mass is 9.86. The number of nitrogens with zero attached hydrogens (tertiary/aromatic N) is 4. The summed E-state index contributed by atoms with van der Waals surface area (Å²) in [7, 11) is 3.37. The van der Waals surface area contributed by atoms with Crippen LogP contribution in [0.5, 0.6) is 5.75 Å². The molecule has 198 valence electrons. The molecule has 1 N–H and O–H groups in total. The van der Waals surface area contributed by atoms with Crippen LogP contribution in [-0.4, -0.2) is 45.3 Å². The highest BCUT2D eigenvalue weighted by atomic mass is 35.5. The van der Waals surface area contributed by atoms with Gasteiger partial charge in [0.15, 0.2) is 11.2 Å². The van der Waals surface area contributed by atoms with Gasteiger partial charge >= 0.3 is 0 Å². The van der Waals surface area contributed by atoms with E-state index in [1.54, 1.807) is 49.5 Å². The number of allylic oxidation sites excluding steroid dienone is 2. The number of rotatable bonds is 4. The van der Waals surface area contributed by atoms with Gasteiger partial charge in [0.1, 0.15) is 11.6 Å². The van der Waals surface area contributed by atoms with E-state index < -0.39 is 17.4 Å². The maximum absolute atomic E-state index is 14.4. The number of imidazole rings is 1. The molecule has 4 heterocycles. The molecule has 1 aromatic heterocycles. The minimum atomic E-state index is -1.57. The molecule has 0 bridgehead atoms. The third-order valence-corrected chi connectivity index (χ3v) is 7.93. The second-order valence-electron chi connectivity index (χ2n) is 9.90. The van der Waals surface area contributed by atoms with E-state index in [0.717, 1.165) is 0 Å². The van der Waals surface area contributed by atoms with Gasteiger partial charge in [-0.3, -0.25) is 14.5 Å². The number of hydrogen-bond donors (Lipinski definition) is 1. The van der Waals surface area contributed by atoms with Gasteiger partial charge in [-0.05, 0) is 44.2 Å². The third kappa shape index (κ3) is 3.34. The zero-order valence-electron chi connectivity index (χ0n) is 21.8. The molecule has 6 rings (SSSR count). The molecule has 2 aromatic carbocycles. The van der Waals surface area contributed by atoms with E-state index in [1.807, 2.05) is 42.7 Å². The molecule has 1 atom stereocenters. The number of amides is 2. The first-order valence-corrected chi connectivity index (χ1v) is 13.1. The quantitative estimate of drug-likeness (QED) is 0.431. The Hall–Kier alpha value is -4.01. The van der Waals surface area contributed by atoms with Crippen molar-refractivity contribution in [2.45, 2.75) is 25.4 Å². The van der Waals surface area contributed by atoms with Crippen LogP contribution in [-0.2, 0) is 10.3 Å². The lowest BCUT2D eigenvalue weighted by Gasteiger charge is -2.38. The predicted octanol–water partition coefficient (Wildman–Crippen LogP) is 5.87. The number of carbonyl (C=O) groups excluding carboxylic acids is 2. The summed E-state index contributed by atoms with van der Waals surface area (Å²) < 4.78 is 7.58. The van der Waals surface area contributed by atoms with Crippen LogP contribution in [0.15, 0.2) is 77.7 Å². The summed E-state index contributed by atoms with van der Waals surface area (Å²) in [6.07, 6.45) is 3.39. The van der Waals surface area contributed by atoms with Crippen LogP contribution in [0.4, 0.5) is 5.69 Å². The average molecular weight is 562 g/mol. The van der Waals surface area contributed by atoms with Crippen LogP contribution in [0.3, 0.4) is 0 Å². The number of benzene rings is 2. The first-order valence-electron chi connectivity index (χ1n) is 12.3.